The fourth-order valence-electron chi connectivity index (χ4n) is 1.82. The molecular formula is C12H14F3NO. The molecule has 1 aliphatic rings. The summed E-state index contributed by atoms with van der Waals surface area (Å²) in [6.07, 6.45) is -3.50. The van der Waals surface area contributed by atoms with Gasteiger partial charge in [-0.1, -0.05) is 12.1 Å². The Labute approximate surface area is 97.8 Å². The van der Waals surface area contributed by atoms with Crippen LogP contribution in [0.2, 0.25) is 0 Å². The van der Waals surface area contributed by atoms with Gasteiger partial charge in [-0.05, 0) is 30.7 Å². The number of hydrogen-bond donors (Lipinski definition) is 1. The summed E-state index contributed by atoms with van der Waals surface area (Å²) < 4.78 is 42.7. The van der Waals surface area contributed by atoms with Crippen LogP contribution in [0.4, 0.5) is 13.2 Å². The highest BCUT2D eigenvalue weighted by atomic mass is 19.4. The molecule has 1 unspecified atom stereocenters. The summed E-state index contributed by atoms with van der Waals surface area (Å²) >= 11 is 0. The Morgan fingerprint density at radius 3 is 2.53 bits per heavy atom. The van der Waals surface area contributed by atoms with E-state index in [0.717, 1.165) is 30.7 Å². The second-order valence-corrected chi connectivity index (χ2v) is 4.04. The van der Waals surface area contributed by atoms with Crippen LogP contribution >= 0.6 is 0 Å². The number of alkyl halides is 3. The monoisotopic (exact) mass is 245 g/mol. The van der Waals surface area contributed by atoms with Crippen molar-refractivity contribution in [2.75, 3.05) is 19.7 Å². The molecule has 2 rings (SSSR count). The standard InChI is InChI=1S/C12H14F3NO/c13-12(14,15)10-4-2-9(3-5-10)11-8-16-6-1-7-17-11/h2-5,11,16H,1,6-8H2. The normalized spacial score (nSPS) is 22.2. The Morgan fingerprint density at radius 1 is 1.18 bits per heavy atom. The first kappa shape index (κ1) is 12.4. The third-order valence-electron chi connectivity index (χ3n) is 2.76. The molecule has 5 heteroatoms. The molecule has 0 aliphatic carbocycles. The molecule has 2 nitrogen and oxygen atoms in total. The second kappa shape index (κ2) is 5.06. The van der Waals surface area contributed by atoms with E-state index in [0.29, 0.717) is 13.2 Å². The Kier molecular flexibility index (Phi) is 3.69. The molecule has 0 spiro atoms. The molecule has 0 saturated carbocycles. The third-order valence-corrected chi connectivity index (χ3v) is 2.76. The molecule has 1 heterocycles. The Bertz CT molecular complexity index is 353. The zero-order valence-electron chi connectivity index (χ0n) is 9.26. The second-order valence-electron chi connectivity index (χ2n) is 4.04. The highest BCUT2D eigenvalue weighted by Crippen LogP contribution is 2.30. The molecule has 1 aromatic rings. The van der Waals surface area contributed by atoms with E-state index in [2.05, 4.69) is 5.32 Å². The van der Waals surface area contributed by atoms with E-state index >= 15 is 0 Å². The van der Waals surface area contributed by atoms with E-state index in [-0.39, 0.29) is 6.10 Å². The van der Waals surface area contributed by atoms with Crippen LogP contribution in [-0.4, -0.2) is 19.7 Å². The predicted molar refractivity (Wildman–Crippen MR) is 57.6 cm³/mol. The first-order valence-electron chi connectivity index (χ1n) is 5.57. The SMILES string of the molecule is FC(F)(F)c1ccc(C2CNCCCO2)cc1. The molecule has 1 aliphatic heterocycles. The first-order valence-corrected chi connectivity index (χ1v) is 5.57. The summed E-state index contributed by atoms with van der Waals surface area (Å²) in [6, 6.07) is 5.17. The van der Waals surface area contributed by atoms with E-state index in [9.17, 15) is 13.2 Å². The summed E-state index contributed by atoms with van der Waals surface area (Å²) in [4.78, 5) is 0. The molecule has 1 fully saturated rings. The molecule has 1 atom stereocenters. The maximum atomic E-state index is 12.4. The molecular weight excluding hydrogens is 231 g/mol. The maximum absolute atomic E-state index is 12.4. The first-order chi connectivity index (χ1) is 8.07. The largest absolute Gasteiger partial charge is 0.416 e. The van der Waals surface area contributed by atoms with E-state index in [1.165, 1.54) is 12.1 Å². The fraction of sp³-hybridized carbons (Fsp3) is 0.500. The zero-order chi connectivity index (χ0) is 12.3. The van der Waals surface area contributed by atoms with Crippen molar-refractivity contribution in [3.05, 3.63) is 35.4 Å². The number of hydrogen-bond acceptors (Lipinski definition) is 2. The van der Waals surface area contributed by atoms with Crippen LogP contribution in [0.15, 0.2) is 24.3 Å². The van der Waals surface area contributed by atoms with E-state index in [4.69, 9.17) is 4.74 Å². The van der Waals surface area contributed by atoms with Crippen LogP contribution in [0, 0.1) is 0 Å². The van der Waals surface area contributed by atoms with Gasteiger partial charge in [0.1, 0.15) is 0 Å². The molecule has 17 heavy (non-hydrogen) atoms. The van der Waals surface area contributed by atoms with Gasteiger partial charge >= 0.3 is 6.18 Å². The van der Waals surface area contributed by atoms with Gasteiger partial charge in [0, 0.05) is 13.2 Å². The lowest BCUT2D eigenvalue weighted by molar-refractivity contribution is -0.137. The minimum Gasteiger partial charge on any atom is -0.372 e. The van der Waals surface area contributed by atoms with Crippen molar-refractivity contribution in [1.82, 2.24) is 5.32 Å². The molecule has 0 amide bonds. The average molecular weight is 245 g/mol. The predicted octanol–water partition coefficient (Wildman–Crippen LogP) is 2.76. The van der Waals surface area contributed by atoms with Crippen LogP contribution in [0.25, 0.3) is 0 Å². The molecule has 0 aromatic heterocycles. The number of ether oxygens (including phenoxy) is 1. The van der Waals surface area contributed by atoms with Crippen molar-refractivity contribution >= 4 is 0 Å². The topological polar surface area (TPSA) is 21.3 Å². The van der Waals surface area contributed by atoms with Crippen LogP contribution in [0.1, 0.15) is 23.7 Å². The van der Waals surface area contributed by atoms with Gasteiger partial charge in [-0.15, -0.1) is 0 Å². The average Bonchev–Trinajstić information content (AvgIpc) is 2.56. The molecule has 0 radical (unpaired) electrons. The van der Waals surface area contributed by atoms with Crippen LogP contribution in [0.3, 0.4) is 0 Å². The number of rotatable bonds is 1. The highest BCUT2D eigenvalue weighted by Gasteiger charge is 2.30. The van der Waals surface area contributed by atoms with E-state index in [1.54, 1.807) is 0 Å². The van der Waals surface area contributed by atoms with Crippen LogP contribution < -0.4 is 5.32 Å². The van der Waals surface area contributed by atoms with Crippen molar-refractivity contribution in [1.29, 1.82) is 0 Å². The Morgan fingerprint density at radius 2 is 1.88 bits per heavy atom. The molecule has 94 valence electrons. The summed E-state index contributed by atoms with van der Waals surface area (Å²) in [5.41, 5.74) is 0.162. The van der Waals surface area contributed by atoms with Crippen molar-refractivity contribution < 1.29 is 17.9 Å². The van der Waals surface area contributed by atoms with Gasteiger partial charge in [0.15, 0.2) is 0 Å². The zero-order valence-corrected chi connectivity index (χ0v) is 9.26. The smallest absolute Gasteiger partial charge is 0.372 e. The lowest BCUT2D eigenvalue weighted by Gasteiger charge is -2.16. The highest BCUT2D eigenvalue weighted by molar-refractivity contribution is 5.26. The summed E-state index contributed by atoms with van der Waals surface area (Å²) in [7, 11) is 0. The summed E-state index contributed by atoms with van der Waals surface area (Å²) in [6.45, 7) is 2.17. The minimum atomic E-state index is -4.28. The Balaban J connectivity index is 2.11. The summed E-state index contributed by atoms with van der Waals surface area (Å²) in [5.74, 6) is 0. The van der Waals surface area contributed by atoms with Gasteiger partial charge in [-0.25, -0.2) is 0 Å². The van der Waals surface area contributed by atoms with Crippen molar-refractivity contribution in [2.24, 2.45) is 0 Å². The number of halogens is 3. The van der Waals surface area contributed by atoms with Gasteiger partial charge in [-0.2, -0.15) is 13.2 Å². The molecule has 0 bridgehead atoms. The van der Waals surface area contributed by atoms with Gasteiger partial charge in [0.25, 0.3) is 0 Å². The van der Waals surface area contributed by atoms with E-state index in [1.807, 2.05) is 0 Å². The van der Waals surface area contributed by atoms with Gasteiger partial charge in [0.2, 0.25) is 0 Å². The number of nitrogens with one attached hydrogen (secondary N) is 1. The molecule has 1 aromatic carbocycles. The van der Waals surface area contributed by atoms with Crippen molar-refractivity contribution in [3.8, 4) is 0 Å². The molecule has 1 N–H and O–H groups in total. The van der Waals surface area contributed by atoms with Crippen LogP contribution in [0.5, 0.6) is 0 Å². The maximum Gasteiger partial charge on any atom is 0.416 e. The van der Waals surface area contributed by atoms with Crippen LogP contribution in [-0.2, 0) is 10.9 Å². The van der Waals surface area contributed by atoms with Gasteiger partial charge in [0.05, 0.1) is 11.7 Å². The fourth-order valence-corrected chi connectivity index (χ4v) is 1.82. The van der Waals surface area contributed by atoms with Crippen molar-refractivity contribution in [2.45, 2.75) is 18.7 Å². The quantitative estimate of drug-likeness (QED) is 0.821. The lowest BCUT2D eigenvalue weighted by Crippen LogP contribution is -2.20. The minimum absolute atomic E-state index is 0.153. The summed E-state index contributed by atoms with van der Waals surface area (Å²) in [5, 5.41) is 3.19. The number of benzene rings is 1. The van der Waals surface area contributed by atoms with Crippen molar-refractivity contribution in [3.63, 3.8) is 0 Å². The third kappa shape index (κ3) is 3.20. The lowest BCUT2D eigenvalue weighted by atomic mass is 10.1. The van der Waals surface area contributed by atoms with E-state index < -0.39 is 11.7 Å². The Hall–Kier alpha value is -1.07. The molecule has 1 saturated heterocycles. The van der Waals surface area contributed by atoms with Gasteiger partial charge < -0.3 is 10.1 Å². The van der Waals surface area contributed by atoms with Gasteiger partial charge in [-0.3, -0.25) is 0 Å².